The third kappa shape index (κ3) is 10.7. The van der Waals surface area contributed by atoms with Crippen molar-refractivity contribution in [2.24, 2.45) is 21.5 Å². The van der Waals surface area contributed by atoms with Crippen LogP contribution in [0, 0.1) is 0 Å². The van der Waals surface area contributed by atoms with Crippen molar-refractivity contribution in [1.82, 2.24) is 30.4 Å². The molecule has 0 atom stereocenters. The van der Waals surface area contributed by atoms with Gasteiger partial charge < -0.3 is 40.7 Å². The van der Waals surface area contributed by atoms with Crippen molar-refractivity contribution in [3.8, 4) is 11.5 Å². The van der Waals surface area contributed by atoms with E-state index in [1.54, 1.807) is 12.1 Å². The number of amides is 2. The Bertz CT molecular complexity index is 1640. The van der Waals surface area contributed by atoms with Gasteiger partial charge >= 0.3 is 0 Å². The Morgan fingerprint density at radius 3 is 1.74 bits per heavy atom. The summed E-state index contributed by atoms with van der Waals surface area (Å²) in [7, 11) is 3.04. The highest BCUT2D eigenvalue weighted by molar-refractivity contribution is 6.07. The van der Waals surface area contributed by atoms with Crippen molar-refractivity contribution in [3.63, 3.8) is 0 Å². The SMILES string of the molecule is CCN(CC)CCCOc1cccc2cc(C(=O)NC(N)=NC)[nH]c12.CN=C(N)NC(=O)c1cc2cccc(OCCCN3CCCC3)c2[nH]1. The highest BCUT2D eigenvalue weighted by Gasteiger charge is 2.15. The highest BCUT2D eigenvalue weighted by Crippen LogP contribution is 2.27. The van der Waals surface area contributed by atoms with Gasteiger partial charge in [-0.05, 0) is 76.1 Å². The first-order chi connectivity index (χ1) is 24.3. The van der Waals surface area contributed by atoms with Crippen molar-refractivity contribution < 1.29 is 19.1 Å². The quantitative estimate of drug-likeness (QED) is 0.0657. The maximum Gasteiger partial charge on any atom is 0.274 e. The molecule has 2 aromatic carbocycles. The van der Waals surface area contributed by atoms with E-state index in [0.29, 0.717) is 24.6 Å². The summed E-state index contributed by atoms with van der Waals surface area (Å²) in [6.45, 7) is 12.2. The third-order valence-electron chi connectivity index (χ3n) is 8.54. The van der Waals surface area contributed by atoms with Crippen LogP contribution in [-0.2, 0) is 0 Å². The van der Waals surface area contributed by atoms with E-state index in [4.69, 9.17) is 20.9 Å². The molecule has 1 saturated heterocycles. The van der Waals surface area contributed by atoms with Crippen molar-refractivity contribution in [3.05, 3.63) is 59.9 Å². The van der Waals surface area contributed by atoms with E-state index in [1.807, 2.05) is 36.4 Å². The summed E-state index contributed by atoms with van der Waals surface area (Å²) >= 11 is 0. The summed E-state index contributed by atoms with van der Waals surface area (Å²) in [5, 5.41) is 6.88. The number of nitrogens with two attached hydrogens (primary N) is 2. The molecule has 2 aromatic heterocycles. The summed E-state index contributed by atoms with van der Waals surface area (Å²) in [5.74, 6) is 1.02. The predicted molar refractivity (Wildman–Crippen MR) is 200 cm³/mol. The average molecular weight is 689 g/mol. The molecule has 14 nitrogen and oxygen atoms in total. The Hall–Kier alpha value is -5.08. The average Bonchev–Trinajstić information content (AvgIpc) is 3.91. The number of aromatic amines is 2. The second-order valence-electron chi connectivity index (χ2n) is 11.9. The number of aromatic nitrogens is 2. The zero-order valence-corrected chi connectivity index (χ0v) is 29.7. The van der Waals surface area contributed by atoms with E-state index < -0.39 is 0 Å². The van der Waals surface area contributed by atoms with E-state index in [9.17, 15) is 9.59 Å². The molecule has 0 bridgehead atoms. The van der Waals surface area contributed by atoms with Crippen LogP contribution in [0.3, 0.4) is 0 Å². The smallest absolute Gasteiger partial charge is 0.274 e. The van der Waals surface area contributed by atoms with Gasteiger partial charge in [-0.15, -0.1) is 0 Å². The molecule has 3 heterocycles. The van der Waals surface area contributed by atoms with Gasteiger partial charge in [0.25, 0.3) is 11.8 Å². The van der Waals surface area contributed by atoms with Crippen LogP contribution in [0.2, 0.25) is 0 Å². The number of guanidine groups is 2. The topological polar surface area (TPSA) is 191 Å². The minimum absolute atomic E-state index is 0.0801. The number of carbonyl (C=O) groups excluding carboxylic acids is 2. The number of ether oxygens (including phenoxy) is 2. The van der Waals surface area contributed by atoms with Crippen LogP contribution in [-0.4, -0.2) is 110 Å². The number of H-pyrrole nitrogens is 2. The van der Waals surface area contributed by atoms with Gasteiger partial charge in [-0.3, -0.25) is 30.2 Å². The van der Waals surface area contributed by atoms with Crippen molar-refractivity contribution in [2.45, 2.75) is 39.5 Å². The number of hydrogen-bond acceptors (Lipinski definition) is 8. The fourth-order valence-corrected chi connectivity index (χ4v) is 5.71. The number of carbonyl (C=O) groups is 2. The standard InChI is InChI=1S/C18H25N5O2.C18H27N5O2/c1-20-18(19)22-17(24)14-12-13-6-4-7-15(16(13)21-14)25-11-5-10-23-8-2-3-9-23;1-4-23(5-2)10-7-11-25-15-9-6-8-13-12-14(21-16(13)15)17(24)22-18(19)20-3/h4,6-7,12,21H,2-3,5,8-11H2,1H3,(H3,19,20,22,24);6,8-9,12,21H,4-5,7,10-11H2,1-3H3,(H3,19,20,22,24). The lowest BCUT2D eigenvalue weighted by Gasteiger charge is -2.17. The Balaban J connectivity index is 0.000000225. The Kier molecular flexibility index (Phi) is 14.5. The summed E-state index contributed by atoms with van der Waals surface area (Å²) in [5.41, 5.74) is 13.6. The maximum atomic E-state index is 12.2. The zero-order valence-electron chi connectivity index (χ0n) is 29.7. The minimum Gasteiger partial charge on any atom is -0.491 e. The van der Waals surface area contributed by atoms with Crippen LogP contribution in [0.1, 0.15) is 60.5 Å². The fraction of sp³-hybridized carbons (Fsp3) is 0.444. The Labute approximate surface area is 293 Å². The van der Waals surface area contributed by atoms with Crippen molar-refractivity contribution in [1.29, 1.82) is 0 Å². The normalized spacial score (nSPS) is 13.8. The molecule has 50 heavy (non-hydrogen) atoms. The second-order valence-corrected chi connectivity index (χ2v) is 11.9. The van der Waals surface area contributed by atoms with Gasteiger partial charge in [-0.1, -0.05) is 38.1 Å². The molecule has 1 aliphatic heterocycles. The van der Waals surface area contributed by atoms with Gasteiger partial charge in [0.15, 0.2) is 11.9 Å². The van der Waals surface area contributed by atoms with Crippen molar-refractivity contribution in [2.75, 3.05) is 66.6 Å². The lowest BCUT2D eigenvalue weighted by atomic mass is 10.2. The molecule has 5 rings (SSSR count). The molecule has 8 N–H and O–H groups in total. The summed E-state index contributed by atoms with van der Waals surface area (Å²) in [4.78, 5) is 42.8. The summed E-state index contributed by atoms with van der Waals surface area (Å²) in [6, 6.07) is 15.1. The number of nitrogens with one attached hydrogen (secondary N) is 4. The fourth-order valence-electron chi connectivity index (χ4n) is 5.71. The largest absolute Gasteiger partial charge is 0.491 e. The van der Waals surface area contributed by atoms with Crippen LogP contribution in [0.25, 0.3) is 21.8 Å². The monoisotopic (exact) mass is 688 g/mol. The summed E-state index contributed by atoms with van der Waals surface area (Å²) in [6.07, 6.45) is 4.56. The molecule has 0 saturated carbocycles. The molecular formula is C36H52N10O4. The zero-order chi connectivity index (χ0) is 35.9. The first-order valence-electron chi connectivity index (χ1n) is 17.3. The van der Waals surface area contributed by atoms with E-state index in [1.165, 1.54) is 40.0 Å². The van der Waals surface area contributed by atoms with Gasteiger partial charge in [0, 0.05) is 38.0 Å². The lowest BCUT2D eigenvalue weighted by molar-refractivity contribution is 0.0964. The highest BCUT2D eigenvalue weighted by atomic mass is 16.5. The lowest BCUT2D eigenvalue weighted by Crippen LogP contribution is -2.36. The molecule has 1 aliphatic rings. The Morgan fingerprint density at radius 2 is 1.28 bits per heavy atom. The molecule has 14 heteroatoms. The molecule has 270 valence electrons. The molecule has 0 aliphatic carbocycles. The maximum absolute atomic E-state index is 12.2. The second kappa shape index (κ2) is 19.2. The van der Waals surface area contributed by atoms with Crippen LogP contribution in [0.5, 0.6) is 11.5 Å². The molecular weight excluding hydrogens is 636 g/mol. The Morgan fingerprint density at radius 1 is 0.800 bits per heavy atom. The number of hydrogen-bond donors (Lipinski definition) is 6. The number of para-hydroxylation sites is 2. The molecule has 0 spiro atoms. The van der Waals surface area contributed by atoms with E-state index in [0.717, 1.165) is 72.3 Å². The number of rotatable bonds is 14. The van der Waals surface area contributed by atoms with Gasteiger partial charge in [-0.2, -0.15) is 0 Å². The first-order valence-corrected chi connectivity index (χ1v) is 17.3. The van der Waals surface area contributed by atoms with Gasteiger partial charge in [-0.25, -0.2) is 0 Å². The number of fused-ring (bicyclic) bond motifs is 2. The van der Waals surface area contributed by atoms with Crippen molar-refractivity contribution >= 4 is 45.5 Å². The van der Waals surface area contributed by atoms with Gasteiger partial charge in [0.1, 0.15) is 22.9 Å². The first kappa shape index (κ1) is 37.7. The van der Waals surface area contributed by atoms with E-state index >= 15 is 0 Å². The van der Waals surface area contributed by atoms with Gasteiger partial charge in [0.2, 0.25) is 0 Å². The van der Waals surface area contributed by atoms with Crippen LogP contribution in [0.15, 0.2) is 58.5 Å². The molecule has 0 unspecified atom stereocenters. The van der Waals surface area contributed by atoms with Crippen LogP contribution >= 0.6 is 0 Å². The minimum atomic E-state index is -0.327. The van der Waals surface area contributed by atoms with E-state index in [-0.39, 0.29) is 23.7 Å². The van der Waals surface area contributed by atoms with Crippen LogP contribution in [0.4, 0.5) is 0 Å². The molecule has 0 radical (unpaired) electrons. The van der Waals surface area contributed by atoms with Crippen LogP contribution < -0.4 is 31.6 Å². The number of aliphatic imine (C=N–C) groups is 2. The predicted octanol–water partition coefficient (Wildman–Crippen LogP) is 3.66. The number of nitrogens with zero attached hydrogens (tertiary/aromatic N) is 4. The van der Waals surface area contributed by atoms with E-state index in [2.05, 4.69) is 54.2 Å². The molecule has 4 aromatic rings. The molecule has 2 amide bonds. The van der Waals surface area contributed by atoms with Gasteiger partial charge in [0.05, 0.1) is 24.2 Å². The number of benzene rings is 2. The summed E-state index contributed by atoms with van der Waals surface area (Å²) < 4.78 is 11.9. The molecule has 1 fully saturated rings. The third-order valence-corrected chi connectivity index (χ3v) is 8.54. The number of likely N-dealkylation sites (tertiary alicyclic amines) is 1.